The molecule has 6 heteroatoms. The first-order valence-electron chi connectivity index (χ1n) is 20.6. The molecule has 0 aromatic rings. The smallest absolute Gasteiger partial charge is 0.323 e. The second-order valence-corrected chi connectivity index (χ2v) is 15.0. The standard InChI is InChI=1S/C41H79NO5/c1-5-8-11-14-16-17-19-23-32-42(38-29-27-37(36-43)28-30-38)33-24-20-18-22-31-41(4,39(44)46-34-25-13-10-7-3)40(45)47-35-26-21-15-12-9-6-2/h37-38,43H,5-36H2,1-4H3. The maximum atomic E-state index is 13.3. The molecule has 0 heterocycles. The van der Waals surface area contributed by atoms with E-state index in [0.717, 1.165) is 83.6 Å². The molecule has 6 nitrogen and oxygen atoms in total. The Kier molecular flexibility index (Phi) is 27.8. The van der Waals surface area contributed by atoms with Gasteiger partial charge in [0.15, 0.2) is 5.41 Å². The molecule has 278 valence electrons. The van der Waals surface area contributed by atoms with Crippen LogP contribution < -0.4 is 0 Å². The van der Waals surface area contributed by atoms with Gasteiger partial charge < -0.3 is 19.5 Å². The van der Waals surface area contributed by atoms with E-state index in [2.05, 4.69) is 25.7 Å². The summed E-state index contributed by atoms with van der Waals surface area (Å²) in [6.45, 7) is 11.8. The lowest BCUT2D eigenvalue weighted by Crippen LogP contribution is -2.40. The Morgan fingerprint density at radius 1 is 0.574 bits per heavy atom. The SMILES string of the molecule is CCCCCCCCCCN(CCCCCCC(C)(C(=O)OCCCCCC)C(=O)OCCCCCCCC)C1CCC(CO)CC1. The average Bonchev–Trinajstić information content (AvgIpc) is 3.09. The van der Waals surface area contributed by atoms with Crippen LogP contribution in [0.3, 0.4) is 0 Å². The van der Waals surface area contributed by atoms with Crippen molar-refractivity contribution in [2.24, 2.45) is 11.3 Å². The molecule has 1 aliphatic carbocycles. The highest BCUT2D eigenvalue weighted by Gasteiger charge is 2.43. The minimum absolute atomic E-state index is 0.336. The second kappa shape index (κ2) is 29.7. The van der Waals surface area contributed by atoms with Gasteiger partial charge in [-0.2, -0.15) is 0 Å². The van der Waals surface area contributed by atoms with Gasteiger partial charge in [-0.3, -0.25) is 9.59 Å². The van der Waals surface area contributed by atoms with Gasteiger partial charge in [-0.05, 0) is 83.7 Å². The van der Waals surface area contributed by atoms with Gasteiger partial charge in [0.1, 0.15) is 0 Å². The lowest BCUT2D eigenvalue weighted by Gasteiger charge is -2.37. The first-order valence-corrected chi connectivity index (χ1v) is 20.6. The Morgan fingerprint density at radius 2 is 0.957 bits per heavy atom. The number of unbranched alkanes of at least 4 members (excludes halogenated alkanes) is 18. The van der Waals surface area contributed by atoms with Crippen LogP contribution in [0.25, 0.3) is 0 Å². The van der Waals surface area contributed by atoms with Gasteiger partial charge in [0.05, 0.1) is 13.2 Å². The summed E-state index contributed by atoms with van der Waals surface area (Å²) < 4.78 is 11.3. The average molecular weight is 666 g/mol. The Bertz CT molecular complexity index is 737. The quantitative estimate of drug-likeness (QED) is 0.0438. The maximum Gasteiger partial charge on any atom is 0.323 e. The molecule has 0 bridgehead atoms. The molecule has 1 N–H and O–H groups in total. The molecular formula is C41H79NO5. The monoisotopic (exact) mass is 666 g/mol. The summed E-state index contributed by atoms with van der Waals surface area (Å²) in [5.41, 5.74) is -1.22. The van der Waals surface area contributed by atoms with E-state index in [1.165, 1.54) is 96.4 Å². The molecule has 0 aromatic heterocycles. The number of carbonyl (C=O) groups is 2. The molecule has 1 aliphatic rings. The van der Waals surface area contributed by atoms with Gasteiger partial charge in [0.2, 0.25) is 0 Å². The van der Waals surface area contributed by atoms with Gasteiger partial charge in [-0.15, -0.1) is 0 Å². The minimum Gasteiger partial charge on any atom is -0.465 e. The molecule has 0 amide bonds. The zero-order valence-corrected chi connectivity index (χ0v) is 31.8. The third-order valence-corrected chi connectivity index (χ3v) is 10.6. The Balaban J connectivity index is 2.56. The lowest BCUT2D eigenvalue weighted by molar-refractivity contribution is -0.172. The van der Waals surface area contributed by atoms with Crippen LogP contribution in [0.1, 0.15) is 201 Å². The topological polar surface area (TPSA) is 76.1 Å². The Morgan fingerprint density at radius 3 is 1.40 bits per heavy atom. The van der Waals surface area contributed by atoms with E-state index in [0.29, 0.717) is 38.2 Å². The molecule has 1 fully saturated rings. The van der Waals surface area contributed by atoms with Crippen molar-refractivity contribution in [2.45, 2.75) is 207 Å². The van der Waals surface area contributed by atoms with E-state index >= 15 is 0 Å². The summed E-state index contributed by atoms with van der Waals surface area (Å²) in [5.74, 6) is -0.317. The number of hydrogen-bond acceptors (Lipinski definition) is 6. The number of aliphatic hydroxyl groups excluding tert-OH is 1. The number of ether oxygens (including phenoxy) is 2. The van der Waals surface area contributed by atoms with Crippen molar-refractivity contribution in [2.75, 3.05) is 32.9 Å². The Hall–Kier alpha value is -1.14. The van der Waals surface area contributed by atoms with Gasteiger partial charge in [-0.25, -0.2) is 0 Å². The van der Waals surface area contributed by atoms with Crippen LogP contribution in [0.15, 0.2) is 0 Å². The van der Waals surface area contributed by atoms with Crippen LogP contribution in [0.5, 0.6) is 0 Å². The normalized spacial score (nSPS) is 17.9. The highest BCUT2D eigenvalue weighted by atomic mass is 16.6. The molecule has 1 rings (SSSR count). The number of carbonyl (C=O) groups excluding carboxylic acids is 2. The summed E-state index contributed by atoms with van der Waals surface area (Å²) in [5, 5.41) is 9.64. The van der Waals surface area contributed by atoms with E-state index in [1.54, 1.807) is 6.92 Å². The third kappa shape index (κ3) is 20.9. The fourth-order valence-electron chi connectivity index (χ4n) is 7.11. The third-order valence-electron chi connectivity index (χ3n) is 10.6. The molecule has 0 radical (unpaired) electrons. The summed E-state index contributed by atoms with van der Waals surface area (Å²) >= 11 is 0. The van der Waals surface area contributed by atoms with Gasteiger partial charge in [-0.1, -0.05) is 136 Å². The molecule has 1 saturated carbocycles. The number of nitrogens with zero attached hydrogens (tertiary/aromatic N) is 1. The van der Waals surface area contributed by atoms with Crippen LogP contribution >= 0.6 is 0 Å². The molecule has 0 aromatic carbocycles. The van der Waals surface area contributed by atoms with Crippen molar-refractivity contribution in [1.82, 2.24) is 4.90 Å². The van der Waals surface area contributed by atoms with Crippen molar-refractivity contribution >= 4 is 11.9 Å². The van der Waals surface area contributed by atoms with E-state index in [9.17, 15) is 14.7 Å². The molecule has 1 unspecified atom stereocenters. The van der Waals surface area contributed by atoms with Crippen molar-refractivity contribution in [3.63, 3.8) is 0 Å². The number of esters is 2. The maximum absolute atomic E-state index is 13.3. The molecule has 0 aliphatic heterocycles. The van der Waals surface area contributed by atoms with Crippen molar-refractivity contribution < 1.29 is 24.2 Å². The summed E-state index contributed by atoms with van der Waals surface area (Å²) in [6.07, 6.45) is 31.1. The van der Waals surface area contributed by atoms with Crippen LogP contribution in [0.2, 0.25) is 0 Å². The van der Waals surface area contributed by atoms with Crippen molar-refractivity contribution in [3.8, 4) is 0 Å². The van der Waals surface area contributed by atoms with E-state index in [1.807, 2.05) is 0 Å². The van der Waals surface area contributed by atoms with E-state index in [4.69, 9.17) is 9.47 Å². The zero-order chi connectivity index (χ0) is 34.4. The van der Waals surface area contributed by atoms with Crippen LogP contribution in [0, 0.1) is 11.3 Å². The number of hydrogen-bond donors (Lipinski definition) is 1. The van der Waals surface area contributed by atoms with Gasteiger partial charge in [0, 0.05) is 12.6 Å². The predicted molar refractivity (Wildman–Crippen MR) is 198 cm³/mol. The first kappa shape index (κ1) is 43.9. The summed E-state index contributed by atoms with van der Waals surface area (Å²) in [6, 6.07) is 0.652. The molecular weight excluding hydrogens is 586 g/mol. The molecule has 1 atom stereocenters. The summed E-state index contributed by atoms with van der Waals surface area (Å²) in [4.78, 5) is 29.3. The highest BCUT2D eigenvalue weighted by molar-refractivity contribution is 5.99. The van der Waals surface area contributed by atoms with Gasteiger partial charge >= 0.3 is 11.9 Å². The predicted octanol–water partition coefficient (Wildman–Crippen LogP) is 11.0. The zero-order valence-electron chi connectivity index (χ0n) is 31.8. The van der Waals surface area contributed by atoms with Gasteiger partial charge in [0.25, 0.3) is 0 Å². The number of aliphatic hydroxyl groups is 1. The Labute approximate surface area is 291 Å². The molecule has 0 spiro atoms. The largest absolute Gasteiger partial charge is 0.465 e. The van der Waals surface area contributed by atoms with Crippen LogP contribution in [-0.4, -0.2) is 60.9 Å². The van der Waals surface area contributed by atoms with E-state index < -0.39 is 17.4 Å². The van der Waals surface area contributed by atoms with Crippen LogP contribution in [-0.2, 0) is 19.1 Å². The number of rotatable bonds is 32. The molecule has 47 heavy (non-hydrogen) atoms. The second-order valence-electron chi connectivity index (χ2n) is 15.0. The van der Waals surface area contributed by atoms with Crippen molar-refractivity contribution in [1.29, 1.82) is 0 Å². The minimum atomic E-state index is -1.22. The highest BCUT2D eigenvalue weighted by Crippen LogP contribution is 2.30. The fraction of sp³-hybridized carbons (Fsp3) is 0.951. The molecule has 0 saturated heterocycles. The van der Waals surface area contributed by atoms with Crippen LogP contribution in [0.4, 0.5) is 0 Å². The fourth-order valence-corrected chi connectivity index (χ4v) is 7.11. The lowest BCUT2D eigenvalue weighted by atomic mass is 9.84. The first-order chi connectivity index (χ1) is 22.9. The van der Waals surface area contributed by atoms with Crippen molar-refractivity contribution in [3.05, 3.63) is 0 Å². The summed E-state index contributed by atoms with van der Waals surface area (Å²) in [7, 11) is 0. The van der Waals surface area contributed by atoms with E-state index in [-0.39, 0.29) is 0 Å².